The molecule has 2 heterocycles. The topological polar surface area (TPSA) is 91.0 Å². The number of benzene rings is 2. The number of nitrogens with one attached hydrogen (secondary N) is 1. The van der Waals surface area contributed by atoms with Crippen molar-refractivity contribution in [1.29, 1.82) is 5.26 Å². The monoisotopic (exact) mass is 391 g/mol. The Morgan fingerprint density at radius 2 is 2.00 bits per heavy atom. The SMILES string of the molecule is N#Cc1cccc(-n2nc(C(=O)N3CNC(=O)C3)cc2-c2cccc(Cl)c2)c1. The van der Waals surface area contributed by atoms with Gasteiger partial charge in [-0.15, -0.1) is 0 Å². The minimum atomic E-state index is -0.350. The second kappa shape index (κ2) is 7.18. The molecule has 7 nitrogen and oxygen atoms in total. The third kappa shape index (κ3) is 3.33. The van der Waals surface area contributed by atoms with E-state index in [2.05, 4.69) is 16.5 Å². The van der Waals surface area contributed by atoms with Crippen LogP contribution in [0.1, 0.15) is 16.1 Å². The zero-order chi connectivity index (χ0) is 19.7. The van der Waals surface area contributed by atoms with Gasteiger partial charge in [-0.1, -0.05) is 29.8 Å². The summed E-state index contributed by atoms with van der Waals surface area (Å²) in [5.74, 6) is -0.554. The van der Waals surface area contributed by atoms with Gasteiger partial charge in [0.25, 0.3) is 5.91 Å². The van der Waals surface area contributed by atoms with Crippen molar-refractivity contribution in [1.82, 2.24) is 20.0 Å². The second-order valence-electron chi connectivity index (χ2n) is 6.26. The molecule has 0 aliphatic carbocycles. The first-order valence-electron chi connectivity index (χ1n) is 8.47. The maximum absolute atomic E-state index is 12.8. The number of carbonyl (C=O) groups excluding carboxylic acids is 2. The molecule has 4 rings (SSSR count). The van der Waals surface area contributed by atoms with Crippen molar-refractivity contribution in [2.45, 2.75) is 0 Å². The largest absolute Gasteiger partial charge is 0.337 e. The normalized spacial score (nSPS) is 13.3. The first kappa shape index (κ1) is 17.8. The minimum Gasteiger partial charge on any atom is -0.337 e. The fraction of sp³-hybridized carbons (Fsp3) is 0.100. The number of nitriles is 1. The summed E-state index contributed by atoms with van der Waals surface area (Å²) in [6.07, 6.45) is 0. The fourth-order valence-electron chi connectivity index (χ4n) is 3.02. The van der Waals surface area contributed by atoms with Crippen LogP contribution in [0, 0.1) is 11.3 Å². The van der Waals surface area contributed by atoms with E-state index in [1.165, 1.54) is 4.90 Å². The molecule has 1 aliphatic rings. The van der Waals surface area contributed by atoms with Crippen LogP contribution in [-0.4, -0.2) is 39.7 Å². The molecule has 138 valence electrons. The molecule has 2 amide bonds. The second-order valence-corrected chi connectivity index (χ2v) is 6.70. The molecule has 0 saturated carbocycles. The van der Waals surface area contributed by atoms with E-state index < -0.39 is 0 Å². The van der Waals surface area contributed by atoms with Gasteiger partial charge in [-0.2, -0.15) is 10.4 Å². The van der Waals surface area contributed by atoms with E-state index in [0.29, 0.717) is 22.0 Å². The van der Waals surface area contributed by atoms with Crippen molar-refractivity contribution in [3.05, 3.63) is 70.9 Å². The Hall–Kier alpha value is -3.63. The third-order valence-corrected chi connectivity index (χ3v) is 4.59. The van der Waals surface area contributed by atoms with Crippen LogP contribution in [0.25, 0.3) is 16.9 Å². The number of carbonyl (C=O) groups is 2. The van der Waals surface area contributed by atoms with Crippen LogP contribution in [0.3, 0.4) is 0 Å². The maximum atomic E-state index is 12.8. The fourth-order valence-corrected chi connectivity index (χ4v) is 3.21. The first-order valence-corrected chi connectivity index (χ1v) is 8.85. The van der Waals surface area contributed by atoms with Gasteiger partial charge in [-0.3, -0.25) is 9.59 Å². The van der Waals surface area contributed by atoms with Gasteiger partial charge in [0.05, 0.1) is 29.7 Å². The molecule has 0 atom stereocenters. The lowest BCUT2D eigenvalue weighted by Gasteiger charge is -2.10. The summed E-state index contributed by atoms with van der Waals surface area (Å²) < 4.78 is 1.60. The molecule has 0 bridgehead atoms. The number of aromatic nitrogens is 2. The van der Waals surface area contributed by atoms with E-state index >= 15 is 0 Å². The highest BCUT2D eigenvalue weighted by Gasteiger charge is 2.27. The van der Waals surface area contributed by atoms with Crippen molar-refractivity contribution in [3.8, 4) is 23.0 Å². The highest BCUT2D eigenvalue weighted by atomic mass is 35.5. The van der Waals surface area contributed by atoms with Crippen molar-refractivity contribution in [2.75, 3.05) is 13.2 Å². The van der Waals surface area contributed by atoms with Gasteiger partial charge in [0.15, 0.2) is 5.69 Å². The van der Waals surface area contributed by atoms with Gasteiger partial charge in [-0.05, 0) is 36.4 Å². The molecule has 0 unspecified atom stereocenters. The van der Waals surface area contributed by atoms with Crippen LogP contribution in [0.2, 0.25) is 5.02 Å². The Balaban J connectivity index is 1.83. The lowest BCUT2D eigenvalue weighted by Crippen LogP contribution is -2.30. The molecule has 28 heavy (non-hydrogen) atoms. The van der Waals surface area contributed by atoms with E-state index in [9.17, 15) is 14.9 Å². The summed E-state index contributed by atoms with van der Waals surface area (Å²) in [6.45, 7) is 0.156. The van der Waals surface area contributed by atoms with Crippen LogP contribution in [0.5, 0.6) is 0 Å². The summed E-state index contributed by atoms with van der Waals surface area (Å²) in [5, 5.41) is 16.8. The number of nitrogens with zero attached hydrogens (tertiary/aromatic N) is 4. The van der Waals surface area contributed by atoms with Gasteiger partial charge in [0, 0.05) is 10.6 Å². The average Bonchev–Trinajstić information content (AvgIpc) is 3.34. The molecular weight excluding hydrogens is 378 g/mol. The van der Waals surface area contributed by atoms with E-state index in [1.54, 1.807) is 47.1 Å². The van der Waals surface area contributed by atoms with Gasteiger partial charge in [-0.25, -0.2) is 4.68 Å². The number of hydrogen-bond acceptors (Lipinski definition) is 4. The molecule has 0 radical (unpaired) electrons. The summed E-state index contributed by atoms with van der Waals surface area (Å²) in [7, 11) is 0. The maximum Gasteiger partial charge on any atom is 0.276 e. The summed E-state index contributed by atoms with van der Waals surface area (Å²) in [6, 6.07) is 17.9. The number of hydrogen-bond donors (Lipinski definition) is 1. The lowest BCUT2D eigenvalue weighted by molar-refractivity contribution is -0.118. The van der Waals surface area contributed by atoms with Gasteiger partial charge in [0.2, 0.25) is 5.91 Å². The van der Waals surface area contributed by atoms with Crippen LogP contribution >= 0.6 is 11.6 Å². The third-order valence-electron chi connectivity index (χ3n) is 4.36. The first-order chi connectivity index (χ1) is 13.5. The summed E-state index contributed by atoms with van der Waals surface area (Å²) in [5.41, 5.74) is 2.75. The molecule has 8 heteroatoms. The lowest BCUT2D eigenvalue weighted by atomic mass is 10.1. The Bertz CT molecular complexity index is 1130. The van der Waals surface area contributed by atoms with E-state index in [0.717, 1.165) is 5.56 Å². The Kier molecular flexibility index (Phi) is 4.55. The molecule has 1 aromatic heterocycles. The quantitative estimate of drug-likeness (QED) is 0.742. The Morgan fingerprint density at radius 1 is 1.18 bits per heavy atom. The van der Waals surface area contributed by atoms with Gasteiger partial charge < -0.3 is 10.2 Å². The molecule has 1 N–H and O–H groups in total. The van der Waals surface area contributed by atoms with Crippen molar-refractivity contribution in [3.63, 3.8) is 0 Å². The predicted molar refractivity (Wildman–Crippen MR) is 103 cm³/mol. The summed E-state index contributed by atoms with van der Waals surface area (Å²) in [4.78, 5) is 25.6. The molecule has 1 saturated heterocycles. The summed E-state index contributed by atoms with van der Waals surface area (Å²) >= 11 is 6.14. The zero-order valence-corrected chi connectivity index (χ0v) is 15.3. The smallest absolute Gasteiger partial charge is 0.276 e. The molecule has 1 fully saturated rings. The van der Waals surface area contributed by atoms with Crippen LogP contribution in [-0.2, 0) is 4.79 Å². The predicted octanol–water partition coefficient (Wildman–Crippen LogP) is 2.59. The standard InChI is InChI=1S/C20H14ClN5O2/c21-15-5-2-4-14(8-15)18-9-17(20(28)25-11-19(27)23-12-25)24-26(18)16-6-1-3-13(7-16)10-22/h1-9H,11-12H2,(H,23,27). The van der Waals surface area contributed by atoms with Crippen LogP contribution in [0.15, 0.2) is 54.6 Å². The number of halogens is 1. The molecule has 2 aromatic carbocycles. The molecular formula is C20H14ClN5O2. The average molecular weight is 392 g/mol. The molecule has 0 spiro atoms. The number of rotatable bonds is 3. The number of amides is 2. The van der Waals surface area contributed by atoms with Gasteiger partial charge >= 0.3 is 0 Å². The Morgan fingerprint density at radius 3 is 2.71 bits per heavy atom. The van der Waals surface area contributed by atoms with Crippen LogP contribution < -0.4 is 5.32 Å². The molecule has 3 aromatic rings. The highest BCUT2D eigenvalue weighted by Crippen LogP contribution is 2.27. The Labute approximate surface area is 165 Å². The van der Waals surface area contributed by atoms with Crippen molar-refractivity contribution in [2.24, 2.45) is 0 Å². The van der Waals surface area contributed by atoms with Crippen molar-refractivity contribution < 1.29 is 9.59 Å². The highest BCUT2D eigenvalue weighted by molar-refractivity contribution is 6.30. The van der Waals surface area contributed by atoms with Crippen LogP contribution in [0.4, 0.5) is 0 Å². The van der Waals surface area contributed by atoms with E-state index in [4.69, 9.17) is 11.6 Å². The van der Waals surface area contributed by atoms with E-state index in [-0.39, 0.29) is 30.7 Å². The minimum absolute atomic E-state index is 0.00209. The van der Waals surface area contributed by atoms with E-state index in [1.807, 2.05) is 12.1 Å². The van der Waals surface area contributed by atoms with Gasteiger partial charge in [0.1, 0.15) is 6.54 Å². The molecule has 1 aliphatic heterocycles. The van der Waals surface area contributed by atoms with Crippen molar-refractivity contribution >= 4 is 23.4 Å². The zero-order valence-electron chi connectivity index (χ0n) is 14.6.